The second-order valence-electron chi connectivity index (χ2n) is 4.25. The molecule has 1 nitrogen and oxygen atoms in total. The summed E-state index contributed by atoms with van der Waals surface area (Å²) in [5.74, 6) is -0.293. The van der Waals surface area contributed by atoms with Crippen LogP contribution < -0.4 is 0 Å². The summed E-state index contributed by atoms with van der Waals surface area (Å²) in [6, 6.07) is 12.7. The second-order valence-corrected chi connectivity index (χ2v) is 5.33. The van der Waals surface area contributed by atoms with Gasteiger partial charge in [0.1, 0.15) is 5.82 Å². The number of halogens is 1. The average molecular weight is 262 g/mol. The third kappa shape index (κ3) is 2.92. The number of benzene rings is 2. The van der Waals surface area contributed by atoms with Crippen molar-refractivity contribution in [1.29, 1.82) is 0 Å². The lowest BCUT2D eigenvalue weighted by atomic mass is 10.1. The zero-order valence-electron chi connectivity index (χ0n) is 10.4. The molecule has 2 aromatic carbocycles. The summed E-state index contributed by atoms with van der Waals surface area (Å²) in [4.78, 5) is 1.46. The van der Waals surface area contributed by atoms with Gasteiger partial charge in [-0.15, -0.1) is 0 Å². The van der Waals surface area contributed by atoms with Gasteiger partial charge < -0.3 is 5.11 Å². The summed E-state index contributed by atoms with van der Waals surface area (Å²) in [5, 5.41) is 9.67. The van der Waals surface area contributed by atoms with Crippen LogP contribution in [0.2, 0.25) is 0 Å². The van der Waals surface area contributed by atoms with Crippen LogP contribution in [0.1, 0.15) is 24.2 Å². The van der Waals surface area contributed by atoms with Crippen molar-refractivity contribution < 1.29 is 9.50 Å². The number of aliphatic hydroxyl groups is 1. The van der Waals surface area contributed by atoms with E-state index in [9.17, 15) is 9.50 Å². The molecule has 0 heterocycles. The Morgan fingerprint density at radius 3 is 2.39 bits per heavy atom. The zero-order valence-corrected chi connectivity index (χ0v) is 11.2. The first kappa shape index (κ1) is 13.1. The van der Waals surface area contributed by atoms with Gasteiger partial charge in [-0.2, -0.15) is 0 Å². The predicted octanol–water partition coefficient (Wildman–Crippen LogP) is 4.34. The lowest BCUT2D eigenvalue weighted by Crippen LogP contribution is -1.96. The number of hydrogen-bond donors (Lipinski definition) is 1. The van der Waals surface area contributed by atoms with E-state index >= 15 is 0 Å². The fraction of sp³-hybridized carbons (Fsp3) is 0.200. The first-order valence-corrected chi connectivity index (χ1v) is 6.60. The molecule has 0 aliphatic carbocycles. The molecule has 18 heavy (non-hydrogen) atoms. The van der Waals surface area contributed by atoms with E-state index in [1.54, 1.807) is 19.1 Å². The normalized spacial score (nSPS) is 12.4. The average Bonchev–Trinajstić information content (AvgIpc) is 2.34. The molecule has 0 saturated heterocycles. The summed E-state index contributed by atoms with van der Waals surface area (Å²) in [6.45, 7) is 3.66. The van der Waals surface area contributed by atoms with Crippen LogP contribution >= 0.6 is 11.8 Å². The van der Waals surface area contributed by atoms with Crippen molar-refractivity contribution in [1.82, 2.24) is 0 Å². The standard InChI is InChI=1S/C15H15FOS/c1-10-6-8-12(9-7-10)18-15-13(11(2)17)4-3-5-14(15)16/h3-9,11,17H,1-2H3. The summed E-state index contributed by atoms with van der Waals surface area (Å²) < 4.78 is 13.8. The molecule has 2 aromatic rings. The molecule has 0 saturated carbocycles. The van der Waals surface area contributed by atoms with Gasteiger partial charge in [-0.3, -0.25) is 0 Å². The van der Waals surface area contributed by atoms with Crippen LogP contribution in [0.3, 0.4) is 0 Å². The van der Waals surface area contributed by atoms with Crippen LogP contribution in [0.15, 0.2) is 52.3 Å². The minimum absolute atomic E-state index is 0.293. The van der Waals surface area contributed by atoms with Gasteiger partial charge in [0.2, 0.25) is 0 Å². The van der Waals surface area contributed by atoms with E-state index in [0.717, 1.165) is 4.90 Å². The Kier molecular flexibility index (Phi) is 4.04. The van der Waals surface area contributed by atoms with Gasteiger partial charge >= 0.3 is 0 Å². The molecular formula is C15H15FOS. The van der Waals surface area contributed by atoms with Crippen molar-refractivity contribution >= 4 is 11.8 Å². The Hall–Kier alpha value is -1.32. The summed E-state index contributed by atoms with van der Waals surface area (Å²) in [6.07, 6.45) is -0.673. The minimum Gasteiger partial charge on any atom is -0.389 e. The van der Waals surface area contributed by atoms with Gasteiger partial charge in [0, 0.05) is 4.90 Å². The Bertz CT molecular complexity index is 535. The number of rotatable bonds is 3. The SMILES string of the molecule is Cc1ccc(Sc2c(F)cccc2C(C)O)cc1. The Balaban J connectivity index is 2.36. The van der Waals surface area contributed by atoms with Gasteiger partial charge in [-0.25, -0.2) is 4.39 Å². The van der Waals surface area contributed by atoms with E-state index in [-0.39, 0.29) is 5.82 Å². The molecular weight excluding hydrogens is 247 g/mol. The van der Waals surface area contributed by atoms with Crippen molar-refractivity contribution in [2.45, 2.75) is 29.7 Å². The molecule has 0 radical (unpaired) electrons. The maximum Gasteiger partial charge on any atom is 0.137 e. The second kappa shape index (κ2) is 5.55. The third-order valence-corrected chi connectivity index (χ3v) is 3.83. The van der Waals surface area contributed by atoms with E-state index in [1.165, 1.54) is 23.4 Å². The van der Waals surface area contributed by atoms with Crippen molar-refractivity contribution in [3.05, 3.63) is 59.4 Å². The highest BCUT2D eigenvalue weighted by atomic mass is 32.2. The molecule has 0 aromatic heterocycles. The van der Waals surface area contributed by atoms with E-state index in [1.807, 2.05) is 31.2 Å². The largest absolute Gasteiger partial charge is 0.389 e. The molecule has 1 unspecified atom stereocenters. The smallest absolute Gasteiger partial charge is 0.137 e. The molecule has 0 aliphatic rings. The summed E-state index contributed by atoms with van der Waals surface area (Å²) in [5.41, 5.74) is 1.80. The maximum atomic E-state index is 13.8. The summed E-state index contributed by atoms with van der Waals surface area (Å²) in [7, 11) is 0. The van der Waals surface area contributed by atoms with Crippen LogP contribution in [0.5, 0.6) is 0 Å². The maximum absolute atomic E-state index is 13.8. The minimum atomic E-state index is -0.673. The molecule has 94 valence electrons. The van der Waals surface area contributed by atoms with Crippen molar-refractivity contribution in [3.8, 4) is 0 Å². The Morgan fingerprint density at radius 1 is 1.11 bits per heavy atom. The number of hydrogen-bond acceptors (Lipinski definition) is 2. The first-order chi connectivity index (χ1) is 8.58. The highest BCUT2D eigenvalue weighted by molar-refractivity contribution is 7.99. The third-order valence-electron chi connectivity index (χ3n) is 2.69. The molecule has 3 heteroatoms. The molecule has 0 bridgehead atoms. The van der Waals surface area contributed by atoms with Gasteiger partial charge in [0.15, 0.2) is 0 Å². The lowest BCUT2D eigenvalue weighted by Gasteiger charge is -2.12. The lowest BCUT2D eigenvalue weighted by molar-refractivity contribution is 0.195. The van der Waals surface area contributed by atoms with Gasteiger partial charge in [-0.05, 0) is 37.6 Å². The Morgan fingerprint density at radius 2 is 1.78 bits per heavy atom. The monoisotopic (exact) mass is 262 g/mol. The molecule has 0 spiro atoms. The molecule has 2 rings (SSSR count). The first-order valence-electron chi connectivity index (χ1n) is 5.79. The number of aryl methyl sites for hydroxylation is 1. The van der Waals surface area contributed by atoms with Crippen LogP contribution in [0.4, 0.5) is 4.39 Å². The topological polar surface area (TPSA) is 20.2 Å². The molecule has 1 atom stereocenters. The molecule has 1 N–H and O–H groups in total. The van der Waals surface area contributed by atoms with Crippen molar-refractivity contribution in [2.75, 3.05) is 0 Å². The highest BCUT2D eigenvalue weighted by Gasteiger charge is 2.13. The molecule has 0 fully saturated rings. The van der Waals surface area contributed by atoms with Crippen LogP contribution in [-0.2, 0) is 0 Å². The van der Waals surface area contributed by atoms with Gasteiger partial charge in [0.05, 0.1) is 11.0 Å². The van der Waals surface area contributed by atoms with Crippen LogP contribution in [0, 0.1) is 12.7 Å². The van der Waals surface area contributed by atoms with E-state index in [0.29, 0.717) is 10.5 Å². The van der Waals surface area contributed by atoms with E-state index < -0.39 is 6.10 Å². The Labute approximate surface area is 111 Å². The summed E-state index contributed by atoms with van der Waals surface area (Å²) >= 11 is 1.34. The number of aliphatic hydroxyl groups excluding tert-OH is 1. The van der Waals surface area contributed by atoms with Crippen LogP contribution in [0.25, 0.3) is 0 Å². The van der Waals surface area contributed by atoms with E-state index in [2.05, 4.69) is 0 Å². The molecule has 0 amide bonds. The fourth-order valence-corrected chi connectivity index (χ4v) is 2.72. The zero-order chi connectivity index (χ0) is 13.1. The van der Waals surface area contributed by atoms with Crippen molar-refractivity contribution in [3.63, 3.8) is 0 Å². The fourth-order valence-electron chi connectivity index (χ4n) is 1.69. The molecule has 0 aliphatic heterocycles. The van der Waals surface area contributed by atoms with Crippen LogP contribution in [-0.4, -0.2) is 5.11 Å². The van der Waals surface area contributed by atoms with Crippen molar-refractivity contribution in [2.24, 2.45) is 0 Å². The highest BCUT2D eigenvalue weighted by Crippen LogP contribution is 2.35. The van der Waals surface area contributed by atoms with Gasteiger partial charge in [0.25, 0.3) is 0 Å². The predicted molar refractivity (Wildman–Crippen MR) is 72.3 cm³/mol. The quantitative estimate of drug-likeness (QED) is 0.888. The van der Waals surface area contributed by atoms with Gasteiger partial charge in [-0.1, -0.05) is 41.6 Å². The van der Waals surface area contributed by atoms with E-state index in [4.69, 9.17) is 0 Å².